The van der Waals surface area contributed by atoms with Gasteiger partial charge in [-0.3, -0.25) is 4.79 Å². The van der Waals surface area contributed by atoms with Gasteiger partial charge in [-0.25, -0.2) is 0 Å². The lowest BCUT2D eigenvalue weighted by Gasteiger charge is -2.22. The highest BCUT2D eigenvalue weighted by Crippen LogP contribution is 2.22. The molecular weight excluding hydrogens is 236 g/mol. The van der Waals surface area contributed by atoms with Crippen molar-refractivity contribution in [2.45, 2.75) is 58.0 Å². The third-order valence-electron chi connectivity index (χ3n) is 3.86. The van der Waals surface area contributed by atoms with Gasteiger partial charge in [0, 0.05) is 11.7 Å². The molecule has 1 aromatic carbocycles. The van der Waals surface area contributed by atoms with Crippen molar-refractivity contribution in [3.05, 3.63) is 29.8 Å². The van der Waals surface area contributed by atoms with Gasteiger partial charge < -0.3 is 10.6 Å². The van der Waals surface area contributed by atoms with E-state index in [4.69, 9.17) is 0 Å². The normalized spacial score (nSPS) is 20.3. The molecule has 0 aliphatic carbocycles. The molecule has 2 atom stereocenters. The van der Waals surface area contributed by atoms with Crippen LogP contribution in [0.3, 0.4) is 0 Å². The first-order valence-corrected chi connectivity index (χ1v) is 7.39. The van der Waals surface area contributed by atoms with E-state index in [9.17, 15) is 4.79 Å². The first-order valence-electron chi connectivity index (χ1n) is 7.39. The number of hydrogen-bond donors (Lipinski definition) is 2. The van der Waals surface area contributed by atoms with E-state index in [1.54, 1.807) is 0 Å². The van der Waals surface area contributed by atoms with Crippen molar-refractivity contribution in [3.63, 3.8) is 0 Å². The van der Waals surface area contributed by atoms with Gasteiger partial charge in [-0.2, -0.15) is 0 Å². The van der Waals surface area contributed by atoms with Crippen LogP contribution in [-0.2, 0) is 11.2 Å². The second kappa shape index (κ2) is 6.71. The van der Waals surface area contributed by atoms with Gasteiger partial charge >= 0.3 is 0 Å². The zero-order valence-electron chi connectivity index (χ0n) is 11.9. The predicted molar refractivity (Wildman–Crippen MR) is 79.3 cm³/mol. The Morgan fingerprint density at radius 1 is 1.37 bits per heavy atom. The number of carbonyl (C=O) groups excluding carboxylic acids is 1. The van der Waals surface area contributed by atoms with Crippen LogP contribution in [0.15, 0.2) is 24.3 Å². The minimum absolute atomic E-state index is 0.0658. The topological polar surface area (TPSA) is 41.1 Å². The van der Waals surface area contributed by atoms with Crippen LogP contribution in [0.1, 0.15) is 45.1 Å². The molecule has 0 saturated heterocycles. The molecule has 1 heterocycles. The lowest BCUT2D eigenvalue weighted by Crippen LogP contribution is -2.45. The van der Waals surface area contributed by atoms with Crippen LogP contribution in [0, 0.1) is 0 Å². The number of para-hydroxylation sites is 1. The third-order valence-corrected chi connectivity index (χ3v) is 3.86. The zero-order valence-corrected chi connectivity index (χ0v) is 11.9. The number of carbonyl (C=O) groups is 1. The smallest absolute Gasteiger partial charge is 0.241 e. The lowest BCUT2D eigenvalue weighted by molar-refractivity contribution is -0.118. The van der Waals surface area contributed by atoms with Gasteiger partial charge in [-0.15, -0.1) is 0 Å². The molecule has 2 unspecified atom stereocenters. The van der Waals surface area contributed by atoms with E-state index in [2.05, 4.69) is 30.5 Å². The summed E-state index contributed by atoms with van der Waals surface area (Å²) in [5, 5.41) is 6.56. The number of nitrogens with one attached hydrogen (secondary N) is 2. The van der Waals surface area contributed by atoms with Crippen LogP contribution in [0.25, 0.3) is 0 Å². The summed E-state index contributed by atoms with van der Waals surface area (Å²) in [5.41, 5.74) is 2.21. The summed E-state index contributed by atoms with van der Waals surface area (Å²) >= 11 is 0. The summed E-state index contributed by atoms with van der Waals surface area (Å²) in [6, 6.07) is 8.47. The van der Waals surface area contributed by atoms with Crippen LogP contribution in [0.4, 0.5) is 5.69 Å². The number of benzene rings is 1. The molecule has 19 heavy (non-hydrogen) atoms. The number of anilines is 1. The van der Waals surface area contributed by atoms with Crippen LogP contribution in [-0.4, -0.2) is 18.0 Å². The summed E-state index contributed by atoms with van der Waals surface area (Å²) in [5.74, 6) is 0.111. The Balaban J connectivity index is 2.03. The Morgan fingerprint density at radius 2 is 2.16 bits per heavy atom. The van der Waals surface area contributed by atoms with E-state index in [0.717, 1.165) is 37.8 Å². The van der Waals surface area contributed by atoms with E-state index in [1.165, 1.54) is 5.56 Å². The van der Waals surface area contributed by atoms with Crippen molar-refractivity contribution >= 4 is 11.6 Å². The Morgan fingerprint density at radius 3 is 2.89 bits per heavy atom. The summed E-state index contributed by atoms with van der Waals surface area (Å²) < 4.78 is 0. The Hall–Kier alpha value is -1.35. The minimum atomic E-state index is -0.0658. The molecule has 1 aliphatic heterocycles. The molecule has 1 amide bonds. The van der Waals surface area contributed by atoms with Gasteiger partial charge in [-0.1, -0.05) is 38.5 Å². The fourth-order valence-corrected chi connectivity index (χ4v) is 2.71. The van der Waals surface area contributed by atoms with Crippen molar-refractivity contribution in [2.24, 2.45) is 0 Å². The maximum absolute atomic E-state index is 12.3. The van der Waals surface area contributed by atoms with Gasteiger partial charge in [0.15, 0.2) is 0 Å². The first kappa shape index (κ1) is 14.1. The molecule has 104 valence electrons. The molecule has 0 fully saturated rings. The second-order valence-electron chi connectivity index (χ2n) is 5.30. The SMILES string of the molecule is CCCC(CC)NC1CCc2ccccc2NC1=O. The van der Waals surface area contributed by atoms with Crippen LogP contribution in [0.2, 0.25) is 0 Å². The molecular formula is C16H24N2O. The molecule has 2 N–H and O–H groups in total. The van der Waals surface area contributed by atoms with Crippen LogP contribution < -0.4 is 10.6 Å². The standard InChI is InChI=1S/C16H24N2O/c1-3-7-13(4-2)17-15-11-10-12-8-5-6-9-14(12)18-16(15)19/h5-6,8-9,13,15,17H,3-4,7,10-11H2,1-2H3,(H,18,19). The van der Waals surface area contributed by atoms with Gasteiger partial charge in [0.05, 0.1) is 6.04 Å². The molecule has 3 heteroatoms. The van der Waals surface area contributed by atoms with Crippen molar-refractivity contribution in [1.29, 1.82) is 0 Å². The summed E-state index contributed by atoms with van der Waals surface area (Å²) in [6.07, 6.45) is 5.19. The number of rotatable bonds is 5. The molecule has 0 radical (unpaired) electrons. The quantitative estimate of drug-likeness (QED) is 0.854. The van der Waals surface area contributed by atoms with Crippen molar-refractivity contribution in [2.75, 3.05) is 5.32 Å². The Bertz CT molecular complexity index is 431. The molecule has 0 bridgehead atoms. The number of fused-ring (bicyclic) bond motifs is 1. The molecule has 3 nitrogen and oxygen atoms in total. The molecule has 1 aromatic rings. The third kappa shape index (κ3) is 3.57. The fourth-order valence-electron chi connectivity index (χ4n) is 2.71. The van der Waals surface area contributed by atoms with Gasteiger partial charge in [0.25, 0.3) is 0 Å². The lowest BCUT2D eigenvalue weighted by atomic mass is 10.0. The highest BCUT2D eigenvalue weighted by atomic mass is 16.2. The number of hydrogen-bond acceptors (Lipinski definition) is 2. The maximum atomic E-state index is 12.3. The van der Waals surface area contributed by atoms with Gasteiger partial charge in [-0.05, 0) is 37.3 Å². The summed E-state index contributed by atoms with van der Waals surface area (Å²) in [4.78, 5) is 12.3. The molecule has 0 saturated carbocycles. The zero-order chi connectivity index (χ0) is 13.7. The van der Waals surface area contributed by atoms with E-state index >= 15 is 0 Å². The number of aryl methyl sites for hydroxylation is 1. The van der Waals surface area contributed by atoms with E-state index in [1.807, 2.05) is 18.2 Å². The highest BCUT2D eigenvalue weighted by molar-refractivity contribution is 5.96. The Kier molecular flexibility index (Phi) is 4.97. The molecule has 1 aliphatic rings. The van der Waals surface area contributed by atoms with E-state index < -0.39 is 0 Å². The predicted octanol–water partition coefficient (Wildman–Crippen LogP) is 3.11. The van der Waals surface area contributed by atoms with Crippen LogP contribution >= 0.6 is 0 Å². The highest BCUT2D eigenvalue weighted by Gasteiger charge is 2.24. The average Bonchev–Trinajstić information content (AvgIpc) is 2.58. The van der Waals surface area contributed by atoms with Crippen molar-refractivity contribution < 1.29 is 4.79 Å². The van der Waals surface area contributed by atoms with Crippen molar-refractivity contribution in [1.82, 2.24) is 5.32 Å². The molecule has 2 rings (SSSR count). The maximum Gasteiger partial charge on any atom is 0.241 e. The van der Waals surface area contributed by atoms with Gasteiger partial charge in [0.1, 0.15) is 0 Å². The van der Waals surface area contributed by atoms with E-state index in [0.29, 0.717) is 6.04 Å². The Labute approximate surface area is 115 Å². The second-order valence-corrected chi connectivity index (χ2v) is 5.30. The largest absolute Gasteiger partial charge is 0.324 e. The average molecular weight is 260 g/mol. The monoisotopic (exact) mass is 260 g/mol. The molecule has 0 aromatic heterocycles. The number of amides is 1. The first-order chi connectivity index (χ1) is 9.24. The molecule has 0 spiro atoms. The summed E-state index contributed by atoms with van der Waals surface area (Å²) in [6.45, 7) is 4.37. The van der Waals surface area contributed by atoms with Crippen molar-refractivity contribution in [3.8, 4) is 0 Å². The van der Waals surface area contributed by atoms with Crippen LogP contribution in [0.5, 0.6) is 0 Å². The van der Waals surface area contributed by atoms with E-state index in [-0.39, 0.29) is 11.9 Å². The minimum Gasteiger partial charge on any atom is -0.324 e. The fraction of sp³-hybridized carbons (Fsp3) is 0.562. The summed E-state index contributed by atoms with van der Waals surface area (Å²) in [7, 11) is 0. The van der Waals surface area contributed by atoms with Gasteiger partial charge in [0.2, 0.25) is 5.91 Å².